The van der Waals surface area contributed by atoms with Gasteiger partial charge in [0.2, 0.25) is 17.7 Å². The maximum absolute atomic E-state index is 12.8. The highest BCUT2D eigenvalue weighted by Crippen LogP contribution is 2.29. The number of hydrogen-bond acceptors (Lipinski definition) is 4. The molecule has 0 spiro atoms. The number of hydrogen-bond donors (Lipinski definition) is 2. The van der Waals surface area contributed by atoms with Crippen LogP contribution in [-0.4, -0.2) is 73.3 Å². The Hall–Kier alpha value is -1.63. The largest absolute Gasteiger partial charge is 0.357 e. The summed E-state index contributed by atoms with van der Waals surface area (Å²) in [5.74, 6) is 0.142. The molecule has 0 bridgehead atoms. The predicted molar refractivity (Wildman–Crippen MR) is 93.3 cm³/mol. The Balaban J connectivity index is 2.82. The molecule has 24 heavy (non-hydrogen) atoms. The lowest BCUT2D eigenvalue weighted by atomic mass is 9.93. The van der Waals surface area contributed by atoms with E-state index >= 15 is 0 Å². The number of amides is 3. The van der Waals surface area contributed by atoms with E-state index in [4.69, 9.17) is 0 Å². The molecule has 0 radical (unpaired) electrons. The lowest BCUT2D eigenvalue weighted by Gasteiger charge is -2.28. The van der Waals surface area contributed by atoms with Gasteiger partial charge in [0.15, 0.2) is 0 Å². The zero-order chi connectivity index (χ0) is 18.6. The molecule has 7 heteroatoms. The number of rotatable bonds is 6. The summed E-state index contributed by atoms with van der Waals surface area (Å²) in [6.45, 7) is 8.21. The number of likely N-dealkylation sites (tertiary alicyclic amines) is 1. The lowest BCUT2D eigenvalue weighted by molar-refractivity contribution is -0.141. The first-order valence-corrected chi connectivity index (χ1v) is 8.59. The molecule has 1 fully saturated rings. The monoisotopic (exact) mass is 340 g/mol. The average molecular weight is 340 g/mol. The van der Waals surface area contributed by atoms with E-state index in [1.165, 1.54) is 0 Å². The first kappa shape index (κ1) is 20.4. The van der Waals surface area contributed by atoms with Gasteiger partial charge in [0.1, 0.15) is 12.1 Å². The molecule has 1 aliphatic heterocycles. The Kier molecular flexibility index (Phi) is 7.20. The first-order valence-electron chi connectivity index (χ1n) is 8.59. The molecule has 7 nitrogen and oxygen atoms in total. The second-order valence-corrected chi connectivity index (χ2v) is 7.23. The van der Waals surface area contributed by atoms with Crippen molar-refractivity contribution in [3.8, 4) is 0 Å². The molecule has 4 atom stereocenters. The van der Waals surface area contributed by atoms with Gasteiger partial charge in [0, 0.05) is 13.6 Å². The first-order chi connectivity index (χ1) is 11.1. The van der Waals surface area contributed by atoms with Crippen molar-refractivity contribution in [2.75, 3.05) is 27.7 Å². The summed E-state index contributed by atoms with van der Waals surface area (Å²) in [4.78, 5) is 40.5. The molecule has 1 aliphatic rings. The second-order valence-electron chi connectivity index (χ2n) is 7.23. The standard InChI is InChI=1S/C17H32N4O3/c1-10(2)13-8-14(16(23)18-5)21(9-13)17(24)11(3)19-15(22)12(4)20(6)7/h10-14H,8-9H2,1-7H3,(H,18,23)(H,19,22)/t11-,12-,13?,14-/m0/s1. The van der Waals surface area contributed by atoms with Gasteiger partial charge in [-0.3, -0.25) is 19.3 Å². The molecule has 0 aliphatic carbocycles. The molecule has 0 aromatic rings. The number of carbonyl (C=O) groups excluding carboxylic acids is 3. The minimum atomic E-state index is -0.655. The number of likely N-dealkylation sites (N-methyl/N-ethyl adjacent to an activating group) is 2. The highest BCUT2D eigenvalue weighted by Gasteiger charge is 2.41. The Labute approximate surface area is 145 Å². The molecule has 1 unspecified atom stereocenters. The summed E-state index contributed by atoms with van der Waals surface area (Å²) in [6, 6.07) is -1.43. The topological polar surface area (TPSA) is 81.8 Å². The van der Waals surface area contributed by atoms with Crippen LogP contribution in [0.5, 0.6) is 0 Å². The number of nitrogens with one attached hydrogen (secondary N) is 2. The molecule has 0 aromatic heterocycles. The Bertz CT molecular complexity index is 478. The fraction of sp³-hybridized carbons (Fsp3) is 0.824. The fourth-order valence-corrected chi connectivity index (χ4v) is 2.89. The van der Waals surface area contributed by atoms with Crippen LogP contribution in [0, 0.1) is 11.8 Å². The molecule has 1 heterocycles. The van der Waals surface area contributed by atoms with Crippen molar-refractivity contribution in [1.29, 1.82) is 0 Å². The Morgan fingerprint density at radius 2 is 1.71 bits per heavy atom. The van der Waals surface area contributed by atoms with Gasteiger partial charge >= 0.3 is 0 Å². The van der Waals surface area contributed by atoms with E-state index in [2.05, 4.69) is 24.5 Å². The van der Waals surface area contributed by atoms with E-state index in [1.807, 2.05) is 14.1 Å². The quantitative estimate of drug-likeness (QED) is 0.716. The van der Waals surface area contributed by atoms with Gasteiger partial charge in [0.25, 0.3) is 0 Å². The predicted octanol–water partition coefficient (Wildman–Crippen LogP) is 0.0603. The maximum Gasteiger partial charge on any atom is 0.245 e. The summed E-state index contributed by atoms with van der Waals surface area (Å²) in [6.07, 6.45) is 0.665. The van der Waals surface area contributed by atoms with Crippen LogP contribution in [0.25, 0.3) is 0 Å². The molecule has 1 rings (SSSR count). The number of nitrogens with zero attached hydrogens (tertiary/aromatic N) is 2. The molecule has 0 saturated carbocycles. The molecule has 1 saturated heterocycles. The SMILES string of the molecule is CNC(=O)[C@@H]1CC(C(C)C)CN1C(=O)[C@H](C)NC(=O)[C@H](C)N(C)C. The van der Waals surface area contributed by atoms with E-state index in [-0.39, 0.29) is 23.8 Å². The van der Waals surface area contributed by atoms with Crippen LogP contribution >= 0.6 is 0 Å². The van der Waals surface area contributed by atoms with Gasteiger partial charge in [-0.2, -0.15) is 0 Å². The molecule has 3 amide bonds. The van der Waals surface area contributed by atoms with Crippen molar-refractivity contribution in [1.82, 2.24) is 20.4 Å². The third-order valence-electron chi connectivity index (χ3n) is 4.99. The molecule has 0 aromatic carbocycles. The maximum atomic E-state index is 12.8. The third kappa shape index (κ3) is 4.69. The van der Waals surface area contributed by atoms with Crippen molar-refractivity contribution in [2.24, 2.45) is 11.8 Å². The van der Waals surface area contributed by atoms with Gasteiger partial charge < -0.3 is 15.5 Å². The fourth-order valence-electron chi connectivity index (χ4n) is 2.89. The van der Waals surface area contributed by atoms with E-state index in [0.29, 0.717) is 24.8 Å². The minimum Gasteiger partial charge on any atom is -0.357 e. The van der Waals surface area contributed by atoms with E-state index < -0.39 is 12.1 Å². The molecular formula is C17H32N4O3. The van der Waals surface area contributed by atoms with Crippen LogP contribution in [-0.2, 0) is 14.4 Å². The van der Waals surface area contributed by atoms with E-state index in [1.54, 1.807) is 30.7 Å². The van der Waals surface area contributed by atoms with Gasteiger partial charge in [-0.15, -0.1) is 0 Å². The smallest absolute Gasteiger partial charge is 0.245 e. The average Bonchev–Trinajstić information content (AvgIpc) is 2.97. The van der Waals surface area contributed by atoms with Gasteiger partial charge in [-0.1, -0.05) is 13.8 Å². The Morgan fingerprint density at radius 1 is 1.12 bits per heavy atom. The Morgan fingerprint density at radius 3 is 2.17 bits per heavy atom. The van der Waals surface area contributed by atoms with E-state index in [0.717, 1.165) is 0 Å². The summed E-state index contributed by atoms with van der Waals surface area (Å²) in [7, 11) is 5.20. The molecule has 2 N–H and O–H groups in total. The van der Waals surface area contributed by atoms with Crippen molar-refractivity contribution in [3.63, 3.8) is 0 Å². The summed E-state index contributed by atoms with van der Waals surface area (Å²) >= 11 is 0. The highest BCUT2D eigenvalue weighted by molar-refractivity contribution is 5.93. The van der Waals surface area contributed by atoms with Gasteiger partial charge in [-0.25, -0.2) is 0 Å². The number of carbonyl (C=O) groups is 3. The van der Waals surface area contributed by atoms with Gasteiger partial charge in [0.05, 0.1) is 6.04 Å². The summed E-state index contributed by atoms with van der Waals surface area (Å²) < 4.78 is 0. The van der Waals surface area contributed by atoms with E-state index in [9.17, 15) is 14.4 Å². The molecule has 138 valence electrons. The van der Waals surface area contributed by atoms with Crippen molar-refractivity contribution < 1.29 is 14.4 Å². The summed E-state index contributed by atoms with van der Waals surface area (Å²) in [5, 5.41) is 5.39. The normalized spacial score (nSPS) is 23.3. The van der Waals surface area contributed by atoms with Crippen LogP contribution in [0.3, 0.4) is 0 Å². The van der Waals surface area contributed by atoms with Crippen molar-refractivity contribution in [3.05, 3.63) is 0 Å². The second kappa shape index (κ2) is 8.46. The third-order valence-corrected chi connectivity index (χ3v) is 4.99. The zero-order valence-electron chi connectivity index (χ0n) is 15.9. The molecular weight excluding hydrogens is 308 g/mol. The zero-order valence-corrected chi connectivity index (χ0v) is 15.9. The van der Waals surface area contributed by atoms with Crippen molar-refractivity contribution >= 4 is 17.7 Å². The summed E-state index contributed by atoms with van der Waals surface area (Å²) in [5.41, 5.74) is 0. The van der Waals surface area contributed by atoms with Crippen LogP contribution in [0.15, 0.2) is 0 Å². The lowest BCUT2D eigenvalue weighted by Crippen LogP contribution is -2.54. The van der Waals surface area contributed by atoms with Crippen molar-refractivity contribution in [2.45, 2.75) is 52.2 Å². The van der Waals surface area contributed by atoms with Crippen LogP contribution in [0.4, 0.5) is 0 Å². The minimum absolute atomic E-state index is 0.147. The van der Waals surface area contributed by atoms with Crippen LogP contribution in [0.2, 0.25) is 0 Å². The van der Waals surface area contributed by atoms with Crippen LogP contribution in [0.1, 0.15) is 34.1 Å². The van der Waals surface area contributed by atoms with Gasteiger partial charge in [-0.05, 0) is 46.2 Å². The highest BCUT2D eigenvalue weighted by atomic mass is 16.2. The van der Waals surface area contributed by atoms with Crippen LogP contribution < -0.4 is 10.6 Å².